The summed E-state index contributed by atoms with van der Waals surface area (Å²) in [6.07, 6.45) is 0. The average Bonchev–Trinajstić information content (AvgIpc) is 2.90. The molecule has 1 saturated heterocycles. The molecule has 1 aliphatic rings. The van der Waals surface area contributed by atoms with Crippen LogP contribution in [0, 0.1) is 5.82 Å². The number of carbonyl (C=O) groups excluding carboxylic acids is 1. The minimum Gasteiger partial charge on any atom is -0.497 e. The molecule has 1 heterocycles. The monoisotopic (exact) mass is 476 g/mol. The highest BCUT2D eigenvalue weighted by Crippen LogP contribution is 2.26. The lowest BCUT2D eigenvalue weighted by molar-refractivity contribution is 0.0930. The number of benzene rings is 3. The second-order valence-corrected chi connectivity index (χ2v) is 8.94. The molecule has 1 atom stereocenters. The maximum Gasteiger partial charge on any atom is 0.251 e. The molecule has 7 heteroatoms. The Balaban J connectivity index is 1.48. The first kappa shape index (κ1) is 24.5. The molecule has 1 unspecified atom stereocenters. The van der Waals surface area contributed by atoms with Crippen molar-refractivity contribution in [2.24, 2.45) is 0 Å². The molecule has 184 valence electrons. The van der Waals surface area contributed by atoms with Crippen LogP contribution in [0.15, 0.2) is 72.8 Å². The lowest BCUT2D eigenvalue weighted by Crippen LogP contribution is -2.50. The zero-order chi connectivity index (χ0) is 24.8. The number of halogens is 1. The summed E-state index contributed by atoms with van der Waals surface area (Å²) in [6, 6.07) is 22.4. The van der Waals surface area contributed by atoms with Crippen molar-refractivity contribution in [1.82, 2.24) is 10.2 Å². The van der Waals surface area contributed by atoms with Gasteiger partial charge in [0.25, 0.3) is 5.91 Å². The van der Waals surface area contributed by atoms with E-state index in [2.05, 4.69) is 44.3 Å². The topological polar surface area (TPSA) is 48.1 Å². The number of anilines is 2. The van der Waals surface area contributed by atoms with Crippen molar-refractivity contribution in [2.75, 3.05) is 63.7 Å². The Labute approximate surface area is 206 Å². The van der Waals surface area contributed by atoms with Crippen molar-refractivity contribution < 1.29 is 13.9 Å². The van der Waals surface area contributed by atoms with Gasteiger partial charge in [0, 0.05) is 63.8 Å². The molecule has 3 aromatic carbocycles. The van der Waals surface area contributed by atoms with Gasteiger partial charge in [0.1, 0.15) is 11.6 Å². The number of carbonyl (C=O) groups is 1. The van der Waals surface area contributed by atoms with Gasteiger partial charge in [0.2, 0.25) is 0 Å². The predicted molar refractivity (Wildman–Crippen MR) is 139 cm³/mol. The first-order valence-corrected chi connectivity index (χ1v) is 11.9. The quantitative estimate of drug-likeness (QED) is 0.528. The van der Waals surface area contributed by atoms with Gasteiger partial charge in [-0.15, -0.1) is 0 Å². The van der Waals surface area contributed by atoms with Gasteiger partial charge in [-0.05, 0) is 60.2 Å². The Morgan fingerprint density at radius 3 is 2.31 bits per heavy atom. The number of nitrogens with zero attached hydrogens (tertiary/aromatic N) is 3. The predicted octanol–water partition coefficient (Wildman–Crippen LogP) is 4.19. The maximum atomic E-state index is 13.3. The van der Waals surface area contributed by atoms with E-state index in [1.165, 1.54) is 12.1 Å². The highest BCUT2D eigenvalue weighted by atomic mass is 19.1. The number of ether oxygens (including phenoxy) is 1. The summed E-state index contributed by atoms with van der Waals surface area (Å²) in [7, 11) is 5.64. The molecule has 1 aliphatic heterocycles. The molecule has 0 saturated carbocycles. The van der Waals surface area contributed by atoms with Gasteiger partial charge < -0.3 is 19.9 Å². The molecular weight excluding hydrogens is 443 g/mol. The van der Waals surface area contributed by atoms with E-state index in [0.29, 0.717) is 17.9 Å². The van der Waals surface area contributed by atoms with Gasteiger partial charge in [-0.1, -0.05) is 18.2 Å². The third-order valence-corrected chi connectivity index (χ3v) is 6.53. The SMILES string of the molecule is COc1cccc(C(=O)NCC(c2ccc(N(C)C)cc2)N2CCN(c3ccc(F)cc3)CC2)c1. The fourth-order valence-corrected chi connectivity index (χ4v) is 4.45. The molecule has 35 heavy (non-hydrogen) atoms. The Morgan fingerprint density at radius 2 is 1.69 bits per heavy atom. The number of amides is 1. The van der Waals surface area contributed by atoms with Gasteiger partial charge in [-0.3, -0.25) is 9.69 Å². The van der Waals surface area contributed by atoms with Crippen LogP contribution in [0.25, 0.3) is 0 Å². The second kappa shape index (κ2) is 11.2. The van der Waals surface area contributed by atoms with Crippen molar-refractivity contribution >= 4 is 17.3 Å². The first-order valence-electron chi connectivity index (χ1n) is 11.9. The van der Waals surface area contributed by atoms with Crippen LogP contribution < -0.4 is 19.9 Å². The molecule has 3 aromatic rings. The molecule has 1 amide bonds. The number of methoxy groups -OCH3 is 1. The van der Waals surface area contributed by atoms with E-state index in [4.69, 9.17) is 4.74 Å². The van der Waals surface area contributed by atoms with Crippen molar-refractivity contribution in [3.8, 4) is 5.75 Å². The molecule has 1 fully saturated rings. The van der Waals surface area contributed by atoms with Crippen LogP contribution in [0.4, 0.5) is 15.8 Å². The normalized spacial score (nSPS) is 14.9. The van der Waals surface area contributed by atoms with Crippen LogP contribution in [-0.2, 0) is 0 Å². The first-order chi connectivity index (χ1) is 16.9. The standard InChI is InChI=1S/C28H33FN4O2/c1-31(2)24-11-7-21(8-12-24)27(20-30-28(34)22-5-4-6-26(19-22)35-3)33-17-15-32(16-18-33)25-13-9-23(29)10-14-25/h4-14,19,27H,15-18,20H2,1-3H3,(H,30,34). The lowest BCUT2D eigenvalue weighted by atomic mass is 10.0. The Hall–Kier alpha value is -3.58. The number of rotatable bonds is 8. The van der Waals surface area contributed by atoms with Crippen LogP contribution in [0.3, 0.4) is 0 Å². The van der Waals surface area contributed by atoms with E-state index in [0.717, 1.165) is 43.1 Å². The summed E-state index contributed by atoms with van der Waals surface area (Å²) < 4.78 is 18.6. The Bertz CT molecular complexity index is 1110. The van der Waals surface area contributed by atoms with Crippen LogP contribution >= 0.6 is 0 Å². The number of hydrogen-bond acceptors (Lipinski definition) is 5. The van der Waals surface area contributed by atoms with Crippen LogP contribution in [0.5, 0.6) is 5.75 Å². The highest BCUT2D eigenvalue weighted by Gasteiger charge is 2.26. The molecule has 6 nitrogen and oxygen atoms in total. The zero-order valence-electron chi connectivity index (χ0n) is 20.6. The van der Waals surface area contributed by atoms with E-state index in [-0.39, 0.29) is 17.8 Å². The summed E-state index contributed by atoms with van der Waals surface area (Å²) in [5, 5.41) is 3.13. The van der Waals surface area contributed by atoms with E-state index in [9.17, 15) is 9.18 Å². The minimum atomic E-state index is -0.222. The van der Waals surface area contributed by atoms with E-state index in [1.807, 2.05) is 38.4 Å². The van der Waals surface area contributed by atoms with Gasteiger partial charge in [0.05, 0.1) is 13.2 Å². The third-order valence-electron chi connectivity index (χ3n) is 6.53. The largest absolute Gasteiger partial charge is 0.497 e. The van der Waals surface area contributed by atoms with Crippen LogP contribution in [0.1, 0.15) is 22.0 Å². The van der Waals surface area contributed by atoms with Crippen molar-refractivity contribution in [3.63, 3.8) is 0 Å². The average molecular weight is 477 g/mol. The molecule has 0 radical (unpaired) electrons. The highest BCUT2D eigenvalue weighted by molar-refractivity contribution is 5.94. The van der Waals surface area contributed by atoms with Crippen molar-refractivity contribution in [1.29, 1.82) is 0 Å². The molecule has 0 aromatic heterocycles. The van der Waals surface area contributed by atoms with E-state index >= 15 is 0 Å². The van der Waals surface area contributed by atoms with Gasteiger partial charge in [-0.2, -0.15) is 0 Å². The molecular formula is C28H33FN4O2. The molecule has 4 rings (SSSR count). The maximum absolute atomic E-state index is 13.3. The molecule has 0 spiro atoms. The van der Waals surface area contributed by atoms with Gasteiger partial charge in [-0.25, -0.2) is 4.39 Å². The third kappa shape index (κ3) is 6.11. The summed E-state index contributed by atoms with van der Waals surface area (Å²) in [5.74, 6) is 0.314. The second-order valence-electron chi connectivity index (χ2n) is 8.94. The Kier molecular flexibility index (Phi) is 7.87. The Morgan fingerprint density at radius 1 is 1.00 bits per heavy atom. The fourth-order valence-electron chi connectivity index (χ4n) is 4.45. The number of hydrogen-bond donors (Lipinski definition) is 1. The summed E-state index contributed by atoms with van der Waals surface area (Å²) >= 11 is 0. The van der Waals surface area contributed by atoms with Crippen LogP contribution in [0.2, 0.25) is 0 Å². The van der Waals surface area contributed by atoms with E-state index < -0.39 is 0 Å². The summed E-state index contributed by atoms with van der Waals surface area (Å²) in [4.78, 5) is 19.7. The number of nitrogens with one attached hydrogen (secondary N) is 1. The minimum absolute atomic E-state index is 0.0381. The van der Waals surface area contributed by atoms with Crippen molar-refractivity contribution in [3.05, 3.63) is 89.7 Å². The van der Waals surface area contributed by atoms with E-state index in [1.54, 1.807) is 19.2 Å². The fraction of sp³-hybridized carbons (Fsp3) is 0.321. The van der Waals surface area contributed by atoms with Gasteiger partial charge >= 0.3 is 0 Å². The van der Waals surface area contributed by atoms with Crippen molar-refractivity contribution in [2.45, 2.75) is 6.04 Å². The lowest BCUT2D eigenvalue weighted by Gasteiger charge is -2.40. The molecule has 1 N–H and O–H groups in total. The zero-order valence-corrected chi connectivity index (χ0v) is 20.6. The summed E-state index contributed by atoms with van der Waals surface area (Å²) in [6.45, 7) is 3.84. The number of piperazine rings is 1. The smallest absolute Gasteiger partial charge is 0.251 e. The molecule has 0 aliphatic carbocycles. The van der Waals surface area contributed by atoms with Crippen LogP contribution in [-0.4, -0.2) is 64.7 Å². The molecule has 0 bridgehead atoms. The summed E-state index contributed by atoms with van der Waals surface area (Å²) in [5.41, 5.74) is 3.90. The van der Waals surface area contributed by atoms with Gasteiger partial charge in [0.15, 0.2) is 0 Å².